The van der Waals surface area contributed by atoms with Gasteiger partial charge in [0.2, 0.25) is 0 Å². The number of hydrogen-bond donors (Lipinski definition) is 1. The predicted octanol–water partition coefficient (Wildman–Crippen LogP) is 2.53. The first kappa shape index (κ1) is 19.5. The van der Waals surface area contributed by atoms with Crippen LogP contribution >= 0.6 is 0 Å². The third-order valence-electron chi connectivity index (χ3n) is 5.07. The molecule has 1 atom stereocenters. The van der Waals surface area contributed by atoms with Crippen molar-refractivity contribution in [2.75, 3.05) is 6.61 Å². The van der Waals surface area contributed by atoms with E-state index in [0.29, 0.717) is 29.8 Å². The number of ether oxygens (including phenoxy) is 1. The number of allylic oxidation sites excluding steroid dienone is 1. The molecule has 2 aromatic rings. The van der Waals surface area contributed by atoms with Crippen molar-refractivity contribution >= 4 is 29.4 Å². The first-order valence-corrected chi connectivity index (χ1v) is 9.66. The smallest absolute Gasteiger partial charge is 0.318 e. The molecule has 1 aliphatic carbocycles. The number of aliphatic imine (C=N–C) groups is 2. The maximum absolute atomic E-state index is 13.0. The third kappa shape index (κ3) is 3.58. The minimum atomic E-state index is -0.693. The van der Waals surface area contributed by atoms with Gasteiger partial charge in [-0.3, -0.25) is 9.59 Å². The fourth-order valence-electron chi connectivity index (χ4n) is 3.67. The van der Waals surface area contributed by atoms with Gasteiger partial charge in [-0.25, -0.2) is 4.79 Å². The van der Waals surface area contributed by atoms with Crippen LogP contribution in [0.15, 0.2) is 64.2 Å². The molecule has 2 aliphatic rings. The van der Waals surface area contributed by atoms with Crippen molar-refractivity contribution in [1.29, 1.82) is 0 Å². The van der Waals surface area contributed by atoms with Gasteiger partial charge in [0.05, 0.1) is 18.2 Å². The minimum absolute atomic E-state index is 0.0281. The SMILES string of the molecule is CCOC1=NC(=C=O)C(C2Cc3c(C(=O)NCc4ccccc4)cccc3C2=O)=N1. The van der Waals surface area contributed by atoms with Gasteiger partial charge < -0.3 is 10.1 Å². The molecular formula is C23H19N3O4. The van der Waals surface area contributed by atoms with E-state index in [1.165, 1.54) is 0 Å². The number of carbonyl (C=O) groups is 2. The van der Waals surface area contributed by atoms with Gasteiger partial charge in [0.25, 0.3) is 5.91 Å². The summed E-state index contributed by atoms with van der Waals surface area (Å²) in [6.07, 6.45) is 0.266. The highest BCUT2D eigenvalue weighted by Crippen LogP contribution is 2.33. The normalized spacial score (nSPS) is 17.2. The summed E-state index contributed by atoms with van der Waals surface area (Å²) in [4.78, 5) is 45.4. The van der Waals surface area contributed by atoms with Gasteiger partial charge in [0.1, 0.15) is 0 Å². The number of benzene rings is 2. The van der Waals surface area contributed by atoms with E-state index in [9.17, 15) is 14.4 Å². The predicted molar refractivity (Wildman–Crippen MR) is 111 cm³/mol. The lowest BCUT2D eigenvalue weighted by Gasteiger charge is -2.09. The lowest BCUT2D eigenvalue weighted by molar-refractivity contribution is 0.0947. The lowest BCUT2D eigenvalue weighted by Crippen LogP contribution is -2.24. The summed E-state index contributed by atoms with van der Waals surface area (Å²) >= 11 is 0. The molecule has 4 rings (SSSR count). The van der Waals surface area contributed by atoms with Crippen molar-refractivity contribution in [3.05, 3.63) is 76.5 Å². The van der Waals surface area contributed by atoms with E-state index in [4.69, 9.17) is 4.74 Å². The summed E-state index contributed by atoms with van der Waals surface area (Å²) in [5, 5.41) is 2.90. The summed E-state index contributed by atoms with van der Waals surface area (Å²) in [6, 6.07) is 14.7. The van der Waals surface area contributed by atoms with Crippen molar-refractivity contribution < 1.29 is 19.1 Å². The minimum Gasteiger partial charge on any atom is -0.464 e. The monoisotopic (exact) mass is 401 g/mol. The molecule has 1 amide bonds. The Morgan fingerprint density at radius 1 is 1.17 bits per heavy atom. The molecule has 2 aromatic carbocycles. The Morgan fingerprint density at radius 2 is 1.97 bits per heavy atom. The lowest BCUT2D eigenvalue weighted by atomic mass is 9.96. The van der Waals surface area contributed by atoms with Crippen molar-refractivity contribution in [2.45, 2.75) is 19.9 Å². The van der Waals surface area contributed by atoms with Crippen LogP contribution in [-0.4, -0.2) is 36.0 Å². The Balaban J connectivity index is 1.57. The number of carbonyl (C=O) groups excluding carboxylic acids is 3. The van der Waals surface area contributed by atoms with Crippen LogP contribution in [0.3, 0.4) is 0 Å². The fourth-order valence-corrected chi connectivity index (χ4v) is 3.67. The second kappa shape index (κ2) is 8.27. The molecule has 0 fully saturated rings. The van der Waals surface area contributed by atoms with Crippen LogP contribution < -0.4 is 5.32 Å². The van der Waals surface area contributed by atoms with Gasteiger partial charge in [-0.05, 0) is 30.5 Å². The van der Waals surface area contributed by atoms with Crippen molar-refractivity contribution in [1.82, 2.24) is 5.32 Å². The van der Waals surface area contributed by atoms with Crippen LogP contribution in [0.2, 0.25) is 0 Å². The molecule has 7 heteroatoms. The Hall–Kier alpha value is -3.83. The standard InChI is InChI=1S/C23H19N3O4/c1-2-30-23-25-19(13-27)20(26-23)18-11-17-15(21(18)28)9-6-10-16(17)22(29)24-12-14-7-4-3-5-8-14/h3-10,18H,2,11-12H2,1H3,(H,24,29). The quantitative estimate of drug-likeness (QED) is 0.779. The zero-order chi connectivity index (χ0) is 21.1. The number of amides is 1. The average Bonchev–Trinajstić information content (AvgIpc) is 3.33. The van der Waals surface area contributed by atoms with Crippen molar-refractivity contribution in [3.8, 4) is 0 Å². The van der Waals surface area contributed by atoms with E-state index < -0.39 is 5.92 Å². The molecule has 0 radical (unpaired) electrons. The first-order valence-electron chi connectivity index (χ1n) is 9.66. The summed E-state index contributed by atoms with van der Waals surface area (Å²) in [5.41, 5.74) is 2.75. The molecule has 7 nitrogen and oxygen atoms in total. The number of rotatable bonds is 5. The van der Waals surface area contributed by atoms with E-state index in [1.807, 2.05) is 30.3 Å². The number of hydrogen-bond acceptors (Lipinski definition) is 6. The molecule has 1 heterocycles. The van der Waals surface area contributed by atoms with E-state index in [2.05, 4.69) is 15.3 Å². The van der Waals surface area contributed by atoms with Crippen LogP contribution in [0, 0.1) is 5.92 Å². The van der Waals surface area contributed by atoms with Gasteiger partial charge in [0.15, 0.2) is 17.4 Å². The first-order chi connectivity index (χ1) is 14.6. The van der Waals surface area contributed by atoms with Crippen molar-refractivity contribution in [3.63, 3.8) is 0 Å². The molecule has 150 valence electrons. The van der Waals surface area contributed by atoms with Gasteiger partial charge in [-0.15, -0.1) is 0 Å². The topological polar surface area (TPSA) is 97.2 Å². The number of nitrogens with zero attached hydrogens (tertiary/aromatic N) is 2. The van der Waals surface area contributed by atoms with Crippen LogP contribution in [0.1, 0.15) is 38.8 Å². The van der Waals surface area contributed by atoms with Gasteiger partial charge >= 0.3 is 6.02 Å². The van der Waals surface area contributed by atoms with Crippen LogP contribution in [0.4, 0.5) is 0 Å². The number of nitrogens with one attached hydrogen (secondary N) is 1. The molecule has 0 saturated carbocycles. The number of ketones is 1. The summed E-state index contributed by atoms with van der Waals surface area (Å²) in [6.45, 7) is 2.50. The highest BCUT2D eigenvalue weighted by molar-refractivity contribution is 6.27. The van der Waals surface area contributed by atoms with E-state index >= 15 is 0 Å². The zero-order valence-corrected chi connectivity index (χ0v) is 16.3. The van der Waals surface area contributed by atoms with Crippen molar-refractivity contribution in [2.24, 2.45) is 15.9 Å². The van der Waals surface area contributed by atoms with Crippen LogP contribution in [-0.2, 0) is 22.5 Å². The number of Topliss-reactive ketones (excluding diaryl/α,β-unsaturated/α-hetero) is 1. The molecule has 30 heavy (non-hydrogen) atoms. The summed E-state index contributed by atoms with van der Waals surface area (Å²) < 4.78 is 5.26. The molecule has 1 N–H and O–H groups in total. The van der Waals surface area contributed by atoms with E-state index in [1.54, 1.807) is 31.1 Å². The number of amidine groups is 1. The highest BCUT2D eigenvalue weighted by Gasteiger charge is 2.40. The largest absolute Gasteiger partial charge is 0.464 e. The maximum atomic E-state index is 13.0. The molecule has 0 bridgehead atoms. The Kier molecular flexibility index (Phi) is 5.37. The Labute approximate surface area is 173 Å². The van der Waals surface area contributed by atoms with Gasteiger partial charge in [-0.2, -0.15) is 9.98 Å². The zero-order valence-electron chi connectivity index (χ0n) is 16.3. The molecule has 0 spiro atoms. The summed E-state index contributed by atoms with van der Waals surface area (Å²) in [5.74, 6) is 0.599. The third-order valence-corrected chi connectivity index (χ3v) is 5.07. The van der Waals surface area contributed by atoms with Crippen LogP contribution in [0.5, 0.6) is 0 Å². The molecule has 0 aromatic heterocycles. The Morgan fingerprint density at radius 3 is 2.70 bits per heavy atom. The van der Waals surface area contributed by atoms with E-state index in [0.717, 1.165) is 5.56 Å². The second-order valence-corrected chi connectivity index (χ2v) is 6.90. The molecule has 1 aliphatic heterocycles. The Bertz CT molecular complexity index is 1130. The second-order valence-electron chi connectivity index (χ2n) is 6.90. The van der Waals surface area contributed by atoms with E-state index in [-0.39, 0.29) is 35.5 Å². The molecular weight excluding hydrogens is 382 g/mol. The fraction of sp³-hybridized carbons (Fsp3) is 0.217. The maximum Gasteiger partial charge on any atom is 0.318 e. The number of fused-ring (bicyclic) bond motifs is 1. The van der Waals surface area contributed by atoms with Gasteiger partial charge in [0, 0.05) is 17.7 Å². The van der Waals surface area contributed by atoms with Crippen LogP contribution in [0.25, 0.3) is 0 Å². The van der Waals surface area contributed by atoms with Gasteiger partial charge in [-0.1, -0.05) is 42.5 Å². The highest BCUT2D eigenvalue weighted by atomic mass is 16.5. The average molecular weight is 401 g/mol. The summed E-state index contributed by atoms with van der Waals surface area (Å²) in [7, 11) is 0. The molecule has 1 unspecified atom stereocenters. The molecule has 0 saturated heterocycles.